The molecule has 20 heteroatoms. The molecule has 0 radical (unpaired) electrons. The zero-order chi connectivity index (χ0) is 61.1. The molecule has 0 spiro atoms. The van der Waals surface area contributed by atoms with Crippen molar-refractivity contribution in [3.05, 3.63) is 97.1 Å². The van der Waals surface area contributed by atoms with Crippen molar-refractivity contribution in [2.75, 3.05) is 109 Å². The van der Waals surface area contributed by atoms with Gasteiger partial charge < -0.3 is 77.4 Å². The molecule has 0 aliphatic carbocycles. The number of nitrogens with zero attached hydrogens (tertiary/aromatic N) is 8. The van der Waals surface area contributed by atoms with E-state index < -0.39 is 11.6 Å². The maximum Gasteiger partial charge on any atom is 0.249 e. The second kappa shape index (κ2) is 25.6. The average Bonchev–Trinajstić information content (AvgIpc) is 2.03. The van der Waals surface area contributed by atoms with Crippen molar-refractivity contribution < 1.29 is 37.9 Å². The van der Waals surface area contributed by atoms with Gasteiger partial charge in [-0.2, -0.15) is 0 Å². The molecule has 10 aromatic rings. The molecule has 0 amide bonds. The molecule has 4 N–H and O–H groups in total. The third-order valence-corrected chi connectivity index (χ3v) is 15.9. The molecular formula is C68H82N12O8. The lowest BCUT2D eigenvalue weighted by Gasteiger charge is -2.26. The van der Waals surface area contributed by atoms with E-state index in [0.29, 0.717) is 98.4 Å². The van der Waals surface area contributed by atoms with Crippen molar-refractivity contribution in [3.63, 3.8) is 0 Å². The molecule has 6 heterocycles. The summed E-state index contributed by atoms with van der Waals surface area (Å²) in [5.74, 6) is 5.95. The summed E-state index contributed by atoms with van der Waals surface area (Å²) in [4.78, 5) is 43.2. The van der Waals surface area contributed by atoms with Gasteiger partial charge in [0.2, 0.25) is 11.6 Å². The molecule has 12 rings (SSSR count). The summed E-state index contributed by atoms with van der Waals surface area (Å²) < 4.78 is 52.8. The molecule has 0 atom stereocenters. The summed E-state index contributed by atoms with van der Waals surface area (Å²) in [6.07, 6.45) is 6.19. The van der Waals surface area contributed by atoms with Gasteiger partial charge in [0.1, 0.15) is 46.3 Å². The smallest absolute Gasteiger partial charge is 0.249 e. The summed E-state index contributed by atoms with van der Waals surface area (Å²) in [6.45, 7) is 10.2. The lowest BCUT2D eigenvalue weighted by Crippen LogP contribution is -2.36. The molecule has 6 aromatic carbocycles. The molecule has 20 nitrogen and oxygen atoms in total. The maximum atomic E-state index is 7.04. The fourth-order valence-electron chi connectivity index (χ4n) is 11.4. The van der Waals surface area contributed by atoms with Gasteiger partial charge in [-0.15, -0.1) is 0 Å². The molecule has 0 unspecified atom stereocenters. The molecule has 0 fully saturated rings. The highest BCUT2D eigenvalue weighted by Gasteiger charge is 2.43. The Labute approximate surface area is 513 Å². The molecule has 0 saturated heterocycles. The van der Waals surface area contributed by atoms with Crippen molar-refractivity contribution in [2.45, 2.75) is 76.8 Å². The Kier molecular flexibility index (Phi) is 17.4. The average molecular weight is 1200 g/mol. The Morgan fingerprint density at radius 3 is 0.807 bits per heavy atom. The zero-order valence-electron chi connectivity index (χ0n) is 52.4. The Balaban J connectivity index is 0.797. The minimum atomic E-state index is -1.05. The van der Waals surface area contributed by atoms with E-state index in [1.54, 1.807) is 0 Å². The van der Waals surface area contributed by atoms with Crippen LogP contribution in [0.5, 0.6) is 46.0 Å². The van der Waals surface area contributed by atoms with Crippen molar-refractivity contribution in [3.8, 4) is 91.5 Å². The third kappa shape index (κ3) is 13.6. The van der Waals surface area contributed by atoms with Gasteiger partial charge in [-0.05, 0) is 168 Å². The van der Waals surface area contributed by atoms with E-state index in [0.717, 1.165) is 141 Å². The van der Waals surface area contributed by atoms with Gasteiger partial charge >= 0.3 is 0 Å². The van der Waals surface area contributed by atoms with E-state index in [-0.39, 0.29) is 0 Å². The molecular weight excluding hydrogens is 1110 g/mol. The van der Waals surface area contributed by atoms with Crippen LogP contribution in [0.15, 0.2) is 97.1 Å². The van der Waals surface area contributed by atoms with Crippen LogP contribution < -0.4 is 37.9 Å². The molecule has 88 heavy (non-hydrogen) atoms. The SMILES string of the molecule is CN(C)CCCOc1ccc2nc(-c3ccc(-c4nc5ccc(OCCCN(C)C)cc5[nH]4)c4c3OC(C)(CCCCC3(C)Oc5c(-c6nc7ccc(OCCCN(C)C)cc7[nH]6)ccc(-c6nc7ccc(OCCCN(C)C)cc7[nH]6)c5O3)O4)[nH]c2c1. The first-order chi connectivity index (χ1) is 42.5. The monoisotopic (exact) mass is 1190 g/mol. The highest BCUT2D eigenvalue weighted by molar-refractivity contribution is 5.90. The minimum absolute atomic E-state index is 0.546. The number of H-pyrrole nitrogens is 4. The number of unbranched alkanes of at least 4 members (excludes halogenated alkanes) is 1. The normalized spacial score (nSPS) is 14.1. The van der Waals surface area contributed by atoms with Gasteiger partial charge in [-0.3, -0.25) is 0 Å². The number of aromatic amines is 4. The summed E-state index contributed by atoms with van der Waals surface area (Å²) in [7, 11) is 16.5. The van der Waals surface area contributed by atoms with Crippen molar-refractivity contribution in [1.29, 1.82) is 0 Å². The van der Waals surface area contributed by atoms with Crippen molar-refractivity contribution in [1.82, 2.24) is 59.5 Å². The Bertz CT molecular complexity index is 3560. The van der Waals surface area contributed by atoms with Gasteiger partial charge in [0.25, 0.3) is 0 Å². The van der Waals surface area contributed by atoms with Crippen LogP contribution in [-0.2, 0) is 0 Å². The summed E-state index contributed by atoms with van der Waals surface area (Å²) in [6, 6.07) is 31.9. The van der Waals surface area contributed by atoms with Crippen LogP contribution >= 0.6 is 0 Å². The van der Waals surface area contributed by atoms with E-state index in [9.17, 15) is 0 Å². The quantitative estimate of drug-likeness (QED) is 0.0322. The van der Waals surface area contributed by atoms with E-state index in [4.69, 9.17) is 57.8 Å². The van der Waals surface area contributed by atoms with Gasteiger partial charge in [-0.25, -0.2) is 19.9 Å². The van der Waals surface area contributed by atoms with Crippen LogP contribution in [-0.4, -0.2) is 180 Å². The Morgan fingerprint density at radius 2 is 0.580 bits per heavy atom. The number of benzene rings is 6. The summed E-state index contributed by atoms with van der Waals surface area (Å²) >= 11 is 0. The fraction of sp³-hybridized carbons (Fsp3) is 0.412. The predicted molar refractivity (Wildman–Crippen MR) is 346 cm³/mol. The molecule has 2 aliphatic rings. The summed E-state index contributed by atoms with van der Waals surface area (Å²) in [5.41, 5.74) is 9.74. The lowest BCUT2D eigenvalue weighted by atomic mass is 10.1. The third-order valence-electron chi connectivity index (χ3n) is 15.9. The van der Waals surface area contributed by atoms with Crippen LogP contribution in [0.1, 0.15) is 65.2 Å². The molecule has 0 saturated carbocycles. The highest BCUT2D eigenvalue weighted by Crippen LogP contribution is 2.54. The zero-order valence-corrected chi connectivity index (χ0v) is 52.4. The van der Waals surface area contributed by atoms with E-state index in [1.165, 1.54) is 0 Å². The van der Waals surface area contributed by atoms with Gasteiger partial charge in [0.15, 0.2) is 23.0 Å². The first-order valence-electron chi connectivity index (χ1n) is 30.7. The van der Waals surface area contributed by atoms with Crippen LogP contribution in [0.4, 0.5) is 0 Å². The second-order valence-corrected chi connectivity index (χ2v) is 24.6. The van der Waals surface area contributed by atoms with Gasteiger partial charge in [0, 0.05) is 77.1 Å². The first-order valence-corrected chi connectivity index (χ1v) is 30.7. The number of ether oxygens (including phenoxy) is 8. The van der Waals surface area contributed by atoms with Crippen LogP contribution in [0.3, 0.4) is 0 Å². The largest absolute Gasteiger partial charge is 0.493 e. The number of hydrogen-bond donors (Lipinski definition) is 4. The number of hydrogen-bond acceptors (Lipinski definition) is 16. The van der Waals surface area contributed by atoms with E-state index in [2.05, 4.69) is 95.9 Å². The van der Waals surface area contributed by atoms with Crippen LogP contribution in [0, 0.1) is 0 Å². The molecule has 0 bridgehead atoms. The summed E-state index contributed by atoms with van der Waals surface area (Å²) in [5, 5.41) is 0. The van der Waals surface area contributed by atoms with Gasteiger partial charge in [0.05, 0.1) is 92.8 Å². The van der Waals surface area contributed by atoms with E-state index in [1.807, 2.05) is 111 Å². The number of imidazole rings is 4. The first kappa shape index (κ1) is 59.8. The fourth-order valence-corrected chi connectivity index (χ4v) is 11.4. The number of fused-ring (bicyclic) bond motifs is 6. The minimum Gasteiger partial charge on any atom is -0.493 e. The standard InChI is InChI=1S/C68H82N12O8/c1-67(85-59-47(63-69-51-25-17-43(39-55(51)73-63)81-35-13-31-77(3)4)21-22-48(60(59)86-67)64-70-52-26-18-44(40-56(52)74-64)82-36-14-32-78(5)6)29-11-12-30-68(2)87-61-49(65-71-53-27-19-45(41-57(53)75-65)83-37-15-33-79(7)8)23-24-50(62(61)88-68)66-72-54-28-20-46(42-58(54)76-66)84-38-16-34-80(9)10/h17-28,39-42H,11-16,29-38H2,1-10H3,(H,69,73)(H,70,74)(H,71,75)(H,72,76). The second-order valence-electron chi connectivity index (χ2n) is 24.6. The van der Waals surface area contributed by atoms with Gasteiger partial charge in [-0.1, -0.05) is 0 Å². The number of nitrogens with one attached hydrogen (secondary N) is 4. The lowest BCUT2D eigenvalue weighted by molar-refractivity contribution is -0.0810. The number of rotatable bonds is 29. The molecule has 2 aliphatic heterocycles. The van der Waals surface area contributed by atoms with Crippen LogP contribution in [0.25, 0.3) is 89.7 Å². The van der Waals surface area contributed by atoms with Crippen molar-refractivity contribution in [2.24, 2.45) is 0 Å². The highest BCUT2D eigenvalue weighted by atomic mass is 16.7. The van der Waals surface area contributed by atoms with Crippen LogP contribution in [0.2, 0.25) is 0 Å². The Morgan fingerprint density at radius 1 is 0.341 bits per heavy atom. The topological polar surface area (TPSA) is 202 Å². The molecule has 4 aromatic heterocycles. The predicted octanol–water partition coefficient (Wildman–Crippen LogP) is 12.4. The number of aromatic nitrogens is 8. The Hall–Kier alpha value is -8.56. The van der Waals surface area contributed by atoms with Crippen molar-refractivity contribution >= 4 is 44.1 Å². The molecule has 462 valence electrons. The van der Waals surface area contributed by atoms with E-state index >= 15 is 0 Å². The maximum absolute atomic E-state index is 7.04.